The van der Waals surface area contributed by atoms with Crippen molar-refractivity contribution < 1.29 is 18.8 Å². The lowest BCUT2D eigenvalue weighted by atomic mass is 10.1. The first-order chi connectivity index (χ1) is 19.4. The summed E-state index contributed by atoms with van der Waals surface area (Å²) >= 11 is 0. The molecule has 200 valence electrons. The zero-order valence-electron chi connectivity index (χ0n) is 21.4. The molecule has 0 radical (unpaired) electrons. The van der Waals surface area contributed by atoms with E-state index < -0.39 is 16.3 Å². The van der Waals surface area contributed by atoms with Crippen LogP contribution in [0.2, 0.25) is 0 Å². The highest BCUT2D eigenvalue weighted by atomic mass is 19.1. The second-order valence-electron chi connectivity index (χ2n) is 8.66. The fourth-order valence-corrected chi connectivity index (χ4v) is 4.14. The smallest absolute Gasteiger partial charge is 0.315 e. The number of rotatable bonds is 9. The highest BCUT2D eigenvalue weighted by Gasteiger charge is 2.23. The molecule has 0 amide bonds. The van der Waals surface area contributed by atoms with Crippen LogP contribution in [0.25, 0.3) is 22.3 Å². The summed E-state index contributed by atoms with van der Waals surface area (Å²) in [5, 5.41) is 16.8. The lowest BCUT2D eigenvalue weighted by molar-refractivity contribution is -0.386. The van der Waals surface area contributed by atoms with Crippen LogP contribution in [0, 0.1) is 15.9 Å². The van der Waals surface area contributed by atoms with Gasteiger partial charge < -0.3 is 9.47 Å². The van der Waals surface area contributed by atoms with Gasteiger partial charge in [-0.3, -0.25) is 14.9 Å². The van der Waals surface area contributed by atoms with Crippen molar-refractivity contribution in [3.8, 4) is 22.9 Å². The van der Waals surface area contributed by atoms with Crippen LogP contribution in [0.15, 0.2) is 101 Å². The van der Waals surface area contributed by atoms with Crippen LogP contribution in [0.5, 0.6) is 11.5 Å². The van der Waals surface area contributed by atoms with E-state index >= 15 is 0 Å². The van der Waals surface area contributed by atoms with Crippen molar-refractivity contribution in [2.45, 2.75) is 13.5 Å². The maximum Gasteiger partial charge on any atom is 0.315 e. The van der Waals surface area contributed by atoms with E-state index in [1.807, 2.05) is 30.3 Å². The molecule has 5 aromatic rings. The maximum atomic E-state index is 13.6. The number of hydrogen-bond acceptors (Lipinski definition) is 7. The molecule has 0 spiro atoms. The predicted molar refractivity (Wildman–Crippen MR) is 149 cm³/mol. The molecule has 0 aliphatic heterocycles. The van der Waals surface area contributed by atoms with Crippen molar-refractivity contribution >= 4 is 22.8 Å². The Morgan fingerprint density at radius 2 is 1.77 bits per heavy atom. The van der Waals surface area contributed by atoms with Crippen LogP contribution in [-0.4, -0.2) is 27.4 Å². The molecular weight excluding hydrogens is 515 g/mol. The minimum atomic E-state index is -0.597. The summed E-state index contributed by atoms with van der Waals surface area (Å²) in [7, 11) is 0. The number of halogens is 1. The van der Waals surface area contributed by atoms with Crippen LogP contribution >= 0.6 is 0 Å². The number of nitro benzene ring substituents is 1. The number of benzene rings is 4. The number of para-hydroxylation sites is 1. The minimum absolute atomic E-state index is 0.0947. The zero-order chi connectivity index (χ0) is 28.1. The summed E-state index contributed by atoms with van der Waals surface area (Å²) in [6, 6.07) is 24.6. The second-order valence-corrected chi connectivity index (χ2v) is 8.66. The fraction of sp³-hybridized carbons (Fsp3) is 0.100. The molecule has 0 aliphatic carbocycles. The maximum absolute atomic E-state index is 13.6. The lowest BCUT2D eigenvalue weighted by Crippen LogP contribution is -2.20. The minimum Gasteiger partial charge on any atom is -0.490 e. The van der Waals surface area contributed by atoms with Crippen molar-refractivity contribution in [2.24, 2.45) is 5.10 Å². The summed E-state index contributed by atoms with van der Waals surface area (Å²) < 4.78 is 26.2. The summed E-state index contributed by atoms with van der Waals surface area (Å²) in [4.78, 5) is 29.5. The third-order valence-corrected chi connectivity index (χ3v) is 5.93. The lowest BCUT2D eigenvalue weighted by Gasteiger charge is -2.13. The first kappa shape index (κ1) is 26.2. The molecule has 0 saturated carbocycles. The molecule has 0 bridgehead atoms. The number of fused-ring (bicyclic) bond motifs is 1. The predicted octanol–water partition coefficient (Wildman–Crippen LogP) is 5.97. The molecular formula is C30H23FN4O5. The molecule has 0 fully saturated rings. The molecule has 5 rings (SSSR count). The summed E-state index contributed by atoms with van der Waals surface area (Å²) in [6.07, 6.45) is 1.33. The summed E-state index contributed by atoms with van der Waals surface area (Å²) in [5.41, 5.74) is 1.23. The average Bonchev–Trinajstić information content (AvgIpc) is 2.96. The molecule has 0 unspecified atom stereocenters. The van der Waals surface area contributed by atoms with Gasteiger partial charge in [-0.1, -0.05) is 54.6 Å². The quantitative estimate of drug-likeness (QED) is 0.130. The Morgan fingerprint density at radius 1 is 1.00 bits per heavy atom. The van der Waals surface area contributed by atoms with Gasteiger partial charge in [-0.25, -0.2) is 9.37 Å². The Labute approximate surface area is 227 Å². The van der Waals surface area contributed by atoms with Gasteiger partial charge in [0.25, 0.3) is 5.56 Å². The number of aromatic nitrogens is 2. The van der Waals surface area contributed by atoms with E-state index in [1.54, 1.807) is 37.3 Å². The largest absolute Gasteiger partial charge is 0.490 e. The van der Waals surface area contributed by atoms with Gasteiger partial charge in [0, 0.05) is 17.2 Å². The van der Waals surface area contributed by atoms with Gasteiger partial charge in [-0.2, -0.15) is 9.78 Å². The van der Waals surface area contributed by atoms with Gasteiger partial charge in [0.1, 0.15) is 12.4 Å². The molecule has 0 saturated heterocycles. The zero-order valence-corrected chi connectivity index (χ0v) is 21.4. The van der Waals surface area contributed by atoms with Gasteiger partial charge in [0.05, 0.1) is 28.6 Å². The van der Waals surface area contributed by atoms with E-state index in [2.05, 4.69) is 10.1 Å². The second kappa shape index (κ2) is 11.6. The number of nitrogens with zero attached hydrogens (tertiary/aromatic N) is 4. The Morgan fingerprint density at radius 3 is 2.52 bits per heavy atom. The third-order valence-electron chi connectivity index (χ3n) is 5.93. The normalized spacial score (nSPS) is 11.2. The Kier molecular flexibility index (Phi) is 7.58. The van der Waals surface area contributed by atoms with Crippen molar-refractivity contribution in [3.05, 3.63) is 128 Å². The molecule has 0 atom stereocenters. The first-order valence-corrected chi connectivity index (χ1v) is 12.4. The van der Waals surface area contributed by atoms with E-state index in [9.17, 15) is 19.3 Å². The molecule has 0 N–H and O–H groups in total. The van der Waals surface area contributed by atoms with E-state index in [0.29, 0.717) is 33.4 Å². The molecule has 0 aliphatic rings. The van der Waals surface area contributed by atoms with E-state index in [0.717, 1.165) is 4.68 Å². The van der Waals surface area contributed by atoms with Gasteiger partial charge in [-0.05, 0) is 42.8 Å². The van der Waals surface area contributed by atoms with Crippen LogP contribution in [0.3, 0.4) is 0 Å². The van der Waals surface area contributed by atoms with Gasteiger partial charge >= 0.3 is 5.69 Å². The first-order valence-electron chi connectivity index (χ1n) is 12.4. The summed E-state index contributed by atoms with van der Waals surface area (Å²) in [5.74, 6) is -0.111. The van der Waals surface area contributed by atoms with Crippen molar-refractivity contribution in [2.75, 3.05) is 6.61 Å². The van der Waals surface area contributed by atoms with E-state index in [4.69, 9.17) is 9.47 Å². The third kappa shape index (κ3) is 5.56. The van der Waals surface area contributed by atoms with Gasteiger partial charge in [-0.15, -0.1) is 0 Å². The van der Waals surface area contributed by atoms with Crippen LogP contribution in [0.1, 0.15) is 18.1 Å². The molecule has 10 heteroatoms. The summed E-state index contributed by atoms with van der Waals surface area (Å²) in [6.45, 7) is 1.83. The molecule has 1 heterocycles. The highest BCUT2D eigenvalue weighted by Crippen LogP contribution is 2.39. The van der Waals surface area contributed by atoms with E-state index in [-0.39, 0.29) is 30.4 Å². The topological polar surface area (TPSA) is 109 Å². The fourth-order valence-electron chi connectivity index (χ4n) is 4.14. The SMILES string of the molecule is CCOc1cc(C=Nn2c(-c3ccccc3)nc3ccccc3c2=O)cc([N+](=O)[O-])c1OCc1cccc(F)c1. The van der Waals surface area contributed by atoms with Crippen molar-refractivity contribution in [1.82, 2.24) is 9.66 Å². The van der Waals surface area contributed by atoms with Crippen LogP contribution < -0.4 is 15.0 Å². The van der Waals surface area contributed by atoms with Crippen LogP contribution in [-0.2, 0) is 6.61 Å². The number of nitro groups is 1. The van der Waals surface area contributed by atoms with Crippen molar-refractivity contribution in [3.63, 3.8) is 0 Å². The Bertz CT molecular complexity index is 1790. The van der Waals surface area contributed by atoms with Crippen molar-refractivity contribution in [1.29, 1.82) is 0 Å². The molecule has 40 heavy (non-hydrogen) atoms. The average molecular weight is 539 g/mol. The molecule has 9 nitrogen and oxygen atoms in total. The number of ether oxygens (including phenoxy) is 2. The Balaban J connectivity index is 1.58. The van der Waals surface area contributed by atoms with Gasteiger partial charge in [0.2, 0.25) is 5.75 Å². The Hall–Kier alpha value is -5.38. The van der Waals surface area contributed by atoms with Gasteiger partial charge in [0.15, 0.2) is 11.6 Å². The molecule has 4 aromatic carbocycles. The monoisotopic (exact) mass is 538 g/mol. The van der Waals surface area contributed by atoms with E-state index in [1.165, 1.54) is 36.5 Å². The standard InChI is InChI=1S/C30H23FN4O5/c1-2-39-27-17-21(16-26(35(37)38)28(27)40-19-20-9-8-12-23(31)15-20)18-32-34-29(22-10-4-3-5-11-22)33-25-14-7-6-13-24(25)30(34)36/h3-18H,2,19H2,1H3. The number of hydrogen-bond donors (Lipinski definition) is 0. The van der Waals surface area contributed by atoms with Crippen LogP contribution in [0.4, 0.5) is 10.1 Å². The molecule has 1 aromatic heterocycles. The highest BCUT2D eigenvalue weighted by molar-refractivity contribution is 5.84.